The number of anilines is 2. The number of sulfonamides is 1. The molecule has 2 aromatic rings. The molecule has 102 valence electrons. The number of hydrogen-bond acceptors (Lipinski definition) is 4. The highest BCUT2D eigenvalue weighted by Crippen LogP contribution is 2.16. The van der Waals surface area contributed by atoms with Gasteiger partial charge < -0.3 is 5.32 Å². The lowest BCUT2D eigenvalue weighted by Gasteiger charge is -2.08. The number of aromatic nitrogens is 2. The van der Waals surface area contributed by atoms with Gasteiger partial charge in [-0.15, -0.1) is 0 Å². The molecule has 0 spiro atoms. The minimum Gasteiger partial charge on any atom is -0.381 e. The molecule has 2 N–H and O–H groups in total. The van der Waals surface area contributed by atoms with Crippen LogP contribution in [0.15, 0.2) is 36.7 Å². The Labute approximate surface area is 112 Å². The van der Waals surface area contributed by atoms with Crippen LogP contribution in [0.5, 0.6) is 0 Å². The molecule has 1 heterocycles. The normalized spacial score (nSPS) is 11.3. The zero-order valence-corrected chi connectivity index (χ0v) is 11.6. The number of nitrogens with zero attached hydrogens (tertiary/aromatic N) is 2. The van der Waals surface area contributed by atoms with Crippen molar-refractivity contribution in [2.24, 2.45) is 7.05 Å². The van der Waals surface area contributed by atoms with E-state index < -0.39 is 10.0 Å². The molecule has 0 amide bonds. The second-order valence-electron chi connectivity index (χ2n) is 4.33. The van der Waals surface area contributed by atoms with Gasteiger partial charge in [-0.05, 0) is 18.2 Å². The SMILES string of the molecule is Cn1cc(CNc2cccc(NS(C)(=O)=O)c2)cn1. The smallest absolute Gasteiger partial charge is 0.229 e. The van der Waals surface area contributed by atoms with Gasteiger partial charge in [-0.25, -0.2) is 8.42 Å². The van der Waals surface area contributed by atoms with Crippen molar-refractivity contribution in [1.29, 1.82) is 0 Å². The van der Waals surface area contributed by atoms with E-state index in [-0.39, 0.29) is 0 Å². The van der Waals surface area contributed by atoms with Gasteiger partial charge in [-0.2, -0.15) is 5.10 Å². The van der Waals surface area contributed by atoms with Gasteiger partial charge in [0.15, 0.2) is 0 Å². The zero-order chi connectivity index (χ0) is 13.9. The van der Waals surface area contributed by atoms with Crippen LogP contribution in [0.25, 0.3) is 0 Å². The molecule has 0 aliphatic rings. The molecule has 2 rings (SSSR count). The summed E-state index contributed by atoms with van der Waals surface area (Å²) in [6, 6.07) is 7.12. The van der Waals surface area contributed by atoms with Gasteiger partial charge in [-0.3, -0.25) is 9.40 Å². The standard InChI is InChI=1S/C12H16N4O2S/c1-16-9-10(8-14-16)7-13-11-4-3-5-12(6-11)15-19(2,17)18/h3-6,8-9,13,15H,7H2,1-2H3. The molecule has 0 saturated heterocycles. The van der Waals surface area contributed by atoms with Crippen LogP contribution < -0.4 is 10.0 Å². The van der Waals surface area contributed by atoms with Crippen LogP contribution in [0, 0.1) is 0 Å². The van der Waals surface area contributed by atoms with Crippen LogP contribution in [0.3, 0.4) is 0 Å². The molecule has 0 fully saturated rings. The number of hydrogen-bond donors (Lipinski definition) is 2. The Morgan fingerprint density at radius 3 is 2.68 bits per heavy atom. The van der Waals surface area contributed by atoms with Crippen LogP contribution in [-0.2, 0) is 23.6 Å². The van der Waals surface area contributed by atoms with E-state index in [0.717, 1.165) is 17.5 Å². The topological polar surface area (TPSA) is 76.0 Å². The number of benzene rings is 1. The molecule has 0 unspecified atom stereocenters. The molecule has 0 radical (unpaired) electrons. The number of rotatable bonds is 5. The van der Waals surface area contributed by atoms with Gasteiger partial charge in [0.05, 0.1) is 18.1 Å². The molecule has 0 aliphatic heterocycles. The fourth-order valence-corrected chi connectivity index (χ4v) is 2.23. The molecular weight excluding hydrogens is 264 g/mol. The molecule has 0 bridgehead atoms. The molecule has 19 heavy (non-hydrogen) atoms. The molecule has 6 nitrogen and oxygen atoms in total. The first-order chi connectivity index (χ1) is 8.92. The third kappa shape index (κ3) is 4.29. The van der Waals surface area contributed by atoms with Crippen molar-refractivity contribution in [3.8, 4) is 0 Å². The first kappa shape index (κ1) is 13.4. The molecule has 1 aromatic heterocycles. The van der Waals surface area contributed by atoms with E-state index in [1.807, 2.05) is 19.3 Å². The summed E-state index contributed by atoms with van der Waals surface area (Å²) in [6.45, 7) is 0.635. The lowest BCUT2D eigenvalue weighted by atomic mass is 10.2. The van der Waals surface area contributed by atoms with Crippen LogP contribution in [-0.4, -0.2) is 24.5 Å². The minimum absolute atomic E-state index is 0.540. The van der Waals surface area contributed by atoms with Crippen molar-refractivity contribution in [2.45, 2.75) is 6.54 Å². The van der Waals surface area contributed by atoms with Crippen LogP contribution in [0.4, 0.5) is 11.4 Å². The van der Waals surface area contributed by atoms with E-state index in [4.69, 9.17) is 0 Å². The molecule has 0 aliphatic carbocycles. The summed E-state index contributed by atoms with van der Waals surface area (Å²) in [5.41, 5.74) is 2.44. The lowest BCUT2D eigenvalue weighted by molar-refractivity contribution is 0.607. The van der Waals surface area contributed by atoms with E-state index in [1.54, 1.807) is 29.1 Å². The minimum atomic E-state index is -3.25. The second-order valence-corrected chi connectivity index (χ2v) is 6.08. The summed E-state index contributed by atoms with van der Waals surface area (Å²) in [7, 11) is -1.39. The quantitative estimate of drug-likeness (QED) is 0.868. The molecule has 7 heteroatoms. The van der Waals surface area contributed by atoms with Crippen molar-refractivity contribution in [2.75, 3.05) is 16.3 Å². The average molecular weight is 280 g/mol. The molecule has 0 atom stereocenters. The Morgan fingerprint density at radius 1 is 1.32 bits per heavy atom. The fourth-order valence-electron chi connectivity index (χ4n) is 1.67. The van der Waals surface area contributed by atoms with Crippen molar-refractivity contribution < 1.29 is 8.42 Å². The summed E-state index contributed by atoms with van der Waals surface area (Å²) in [4.78, 5) is 0. The maximum absolute atomic E-state index is 11.2. The van der Waals surface area contributed by atoms with Crippen LogP contribution in [0.1, 0.15) is 5.56 Å². The van der Waals surface area contributed by atoms with Gasteiger partial charge in [0.1, 0.15) is 0 Å². The Bertz CT molecular complexity index is 664. The highest BCUT2D eigenvalue weighted by molar-refractivity contribution is 7.92. The average Bonchev–Trinajstić information content (AvgIpc) is 2.71. The van der Waals surface area contributed by atoms with Gasteiger partial charge in [0.25, 0.3) is 0 Å². The van der Waals surface area contributed by atoms with Crippen LogP contribution in [0.2, 0.25) is 0 Å². The highest BCUT2D eigenvalue weighted by atomic mass is 32.2. The van der Waals surface area contributed by atoms with Gasteiger partial charge >= 0.3 is 0 Å². The van der Waals surface area contributed by atoms with E-state index in [9.17, 15) is 8.42 Å². The van der Waals surface area contributed by atoms with Crippen molar-refractivity contribution in [3.05, 3.63) is 42.2 Å². The number of nitrogens with one attached hydrogen (secondary N) is 2. The summed E-state index contributed by atoms with van der Waals surface area (Å²) >= 11 is 0. The highest BCUT2D eigenvalue weighted by Gasteiger charge is 2.02. The third-order valence-corrected chi connectivity index (χ3v) is 3.03. The Balaban J connectivity index is 2.03. The van der Waals surface area contributed by atoms with E-state index in [0.29, 0.717) is 12.2 Å². The van der Waals surface area contributed by atoms with E-state index in [1.165, 1.54) is 0 Å². The first-order valence-electron chi connectivity index (χ1n) is 5.72. The maximum Gasteiger partial charge on any atom is 0.229 e. The zero-order valence-electron chi connectivity index (χ0n) is 10.8. The van der Waals surface area contributed by atoms with Gasteiger partial charge in [-0.1, -0.05) is 6.07 Å². The second kappa shape index (κ2) is 5.31. The monoisotopic (exact) mass is 280 g/mol. The van der Waals surface area contributed by atoms with Crippen molar-refractivity contribution in [1.82, 2.24) is 9.78 Å². The predicted molar refractivity (Wildman–Crippen MR) is 75.4 cm³/mol. The van der Waals surface area contributed by atoms with Crippen LogP contribution >= 0.6 is 0 Å². The summed E-state index contributed by atoms with van der Waals surface area (Å²) in [5.74, 6) is 0. The maximum atomic E-state index is 11.2. The van der Waals surface area contributed by atoms with Gasteiger partial charge in [0, 0.05) is 31.0 Å². The molecular formula is C12H16N4O2S. The van der Waals surface area contributed by atoms with E-state index >= 15 is 0 Å². The predicted octanol–water partition coefficient (Wildman–Crippen LogP) is 1.40. The largest absolute Gasteiger partial charge is 0.381 e. The molecule has 1 aromatic carbocycles. The van der Waals surface area contributed by atoms with Crippen molar-refractivity contribution in [3.63, 3.8) is 0 Å². The van der Waals surface area contributed by atoms with Crippen molar-refractivity contribution >= 4 is 21.4 Å². The molecule has 0 saturated carbocycles. The fraction of sp³-hybridized carbons (Fsp3) is 0.250. The summed E-state index contributed by atoms with van der Waals surface area (Å²) in [5, 5.41) is 7.29. The van der Waals surface area contributed by atoms with Gasteiger partial charge in [0.2, 0.25) is 10.0 Å². The van der Waals surface area contributed by atoms with E-state index in [2.05, 4.69) is 15.1 Å². The lowest BCUT2D eigenvalue weighted by Crippen LogP contribution is -2.09. The Kier molecular flexibility index (Phi) is 3.75. The summed E-state index contributed by atoms with van der Waals surface area (Å²) < 4.78 is 26.5. The third-order valence-electron chi connectivity index (χ3n) is 2.42. The first-order valence-corrected chi connectivity index (χ1v) is 7.61. The Hall–Kier alpha value is -2.02. The summed E-state index contributed by atoms with van der Waals surface area (Å²) in [6.07, 6.45) is 4.83. The Morgan fingerprint density at radius 2 is 2.05 bits per heavy atom. The number of aryl methyl sites for hydroxylation is 1.